The molecule has 1 saturated heterocycles. The molecule has 2 heteroatoms. The van der Waals surface area contributed by atoms with E-state index in [9.17, 15) is 0 Å². The van der Waals surface area contributed by atoms with Crippen molar-refractivity contribution in [3.05, 3.63) is 24.3 Å². The van der Waals surface area contributed by atoms with Gasteiger partial charge in [0.1, 0.15) is 0 Å². The van der Waals surface area contributed by atoms with Crippen molar-refractivity contribution in [2.75, 3.05) is 13.2 Å². The van der Waals surface area contributed by atoms with Crippen molar-refractivity contribution in [3.63, 3.8) is 0 Å². The summed E-state index contributed by atoms with van der Waals surface area (Å²) in [6.45, 7) is 1.75. The Morgan fingerprint density at radius 2 is 1.86 bits per heavy atom. The number of unbranched alkanes of at least 4 members (excludes halogenated alkanes) is 3. The zero-order valence-electron chi connectivity index (χ0n) is 13.5. The van der Waals surface area contributed by atoms with Crippen LogP contribution in [-0.2, 0) is 9.47 Å². The Balaban J connectivity index is 1.42. The van der Waals surface area contributed by atoms with E-state index >= 15 is 0 Å². The molecule has 0 saturated carbocycles. The molecule has 1 aliphatic carbocycles. The maximum Gasteiger partial charge on any atom is 0.157 e. The Morgan fingerprint density at radius 1 is 0.952 bits per heavy atom. The minimum atomic E-state index is 0.0885. The molecule has 0 spiro atoms. The van der Waals surface area contributed by atoms with Crippen LogP contribution >= 0.6 is 0 Å². The van der Waals surface area contributed by atoms with Gasteiger partial charge in [0.15, 0.2) is 6.29 Å². The van der Waals surface area contributed by atoms with E-state index in [1.54, 1.807) is 0 Å². The Labute approximate surface area is 130 Å². The third-order valence-electron chi connectivity index (χ3n) is 4.42. The molecule has 0 bridgehead atoms. The van der Waals surface area contributed by atoms with Crippen molar-refractivity contribution in [2.24, 2.45) is 5.92 Å². The van der Waals surface area contributed by atoms with E-state index in [0.717, 1.165) is 25.6 Å². The van der Waals surface area contributed by atoms with Gasteiger partial charge in [0, 0.05) is 13.2 Å². The summed E-state index contributed by atoms with van der Waals surface area (Å²) in [5.41, 5.74) is 0. The Hall–Kier alpha value is -0.600. The van der Waals surface area contributed by atoms with E-state index in [1.807, 2.05) is 0 Å². The SMILES string of the molecule is C1=C\CC(CCCCCCOC2CCCCO2)/C=C\CC/1. The van der Waals surface area contributed by atoms with Gasteiger partial charge in [-0.25, -0.2) is 0 Å². The molecular weight excluding hydrogens is 260 g/mol. The third kappa shape index (κ3) is 7.82. The first-order valence-electron chi connectivity index (χ1n) is 9.00. The molecule has 1 fully saturated rings. The fourth-order valence-corrected chi connectivity index (χ4v) is 3.08. The van der Waals surface area contributed by atoms with Crippen molar-refractivity contribution in [1.29, 1.82) is 0 Å². The summed E-state index contributed by atoms with van der Waals surface area (Å²) in [6, 6.07) is 0. The van der Waals surface area contributed by atoms with Crippen molar-refractivity contribution < 1.29 is 9.47 Å². The quantitative estimate of drug-likeness (QED) is 0.441. The molecule has 2 aliphatic rings. The average Bonchev–Trinajstić information content (AvgIpc) is 2.49. The van der Waals surface area contributed by atoms with Crippen LogP contribution in [0.3, 0.4) is 0 Å². The Morgan fingerprint density at radius 3 is 2.76 bits per heavy atom. The molecule has 2 atom stereocenters. The van der Waals surface area contributed by atoms with Crippen LogP contribution in [0.2, 0.25) is 0 Å². The number of allylic oxidation sites excluding steroid dienone is 4. The third-order valence-corrected chi connectivity index (χ3v) is 4.42. The second kappa shape index (κ2) is 11.0. The maximum absolute atomic E-state index is 5.77. The lowest BCUT2D eigenvalue weighted by molar-refractivity contribution is -0.162. The molecule has 1 heterocycles. The second-order valence-electron chi connectivity index (χ2n) is 6.34. The summed E-state index contributed by atoms with van der Waals surface area (Å²) in [5, 5.41) is 0. The highest BCUT2D eigenvalue weighted by atomic mass is 16.7. The predicted molar refractivity (Wildman–Crippen MR) is 88.2 cm³/mol. The summed E-state index contributed by atoms with van der Waals surface area (Å²) in [7, 11) is 0. The van der Waals surface area contributed by atoms with Gasteiger partial charge < -0.3 is 9.47 Å². The van der Waals surface area contributed by atoms with E-state index in [-0.39, 0.29) is 6.29 Å². The summed E-state index contributed by atoms with van der Waals surface area (Å²) in [6.07, 6.45) is 23.3. The average molecular weight is 292 g/mol. The maximum atomic E-state index is 5.77. The molecule has 0 aromatic rings. The van der Waals surface area contributed by atoms with E-state index in [1.165, 1.54) is 64.2 Å². The van der Waals surface area contributed by atoms with Crippen molar-refractivity contribution >= 4 is 0 Å². The molecule has 0 amide bonds. The molecule has 2 unspecified atom stereocenters. The van der Waals surface area contributed by atoms with Crippen molar-refractivity contribution in [1.82, 2.24) is 0 Å². The van der Waals surface area contributed by atoms with Crippen LogP contribution in [0.1, 0.15) is 70.6 Å². The smallest absolute Gasteiger partial charge is 0.157 e. The van der Waals surface area contributed by atoms with Gasteiger partial charge in [-0.1, -0.05) is 43.6 Å². The van der Waals surface area contributed by atoms with Crippen LogP contribution in [0.5, 0.6) is 0 Å². The largest absolute Gasteiger partial charge is 0.353 e. The highest BCUT2D eigenvalue weighted by Crippen LogP contribution is 2.19. The molecule has 0 radical (unpaired) electrons. The first-order chi connectivity index (χ1) is 10.4. The van der Waals surface area contributed by atoms with Crippen molar-refractivity contribution in [3.8, 4) is 0 Å². The van der Waals surface area contributed by atoms with Crippen molar-refractivity contribution in [2.45, 2.75) is 76.9 Å². The Kier molecular flexibility index (Phi) is 8.81. The number of hydrogen-bond acceptors (Lipinski definition) is 2. The van der Waals surface area contributed by atoms with Crippen LogP contribution in [0.4, 0.5) is 0 Å². The van der Waals surface area contributed by atoms with Gasteiger partial charge in [0.05, 0.1) is 0 Å². The summed E-state index contributed by atoms with van der Waals surface area (Å²) in [4.78, 5) is 0. The molecule has 0 aromatic heterocycles. The summed E-state index contributed by atoms with van der Waals surface area (Å²) >= 11 is 0. The van der Waals surface area contributed by atoms with Crippen LogP contribution in [-0.4, -0.2) is 19.5 Å². The van der Waals surface area contributed by atoms with E-state index < -0.39 is 0 Å². The van der Waals surface area contributed by atoms with E-state index in [0.29, 0.717) is 0 Å². The zero-order chi connectivity index (χ0) is 14.6. The monoisotopic (exact) mass is 292 g/mol. The molecule has 1 aliphatic heterocycles. The fraction of sp³-hybridized carbons (Fsp3) is 0.789. The summed E-state index contributed by atoms with van der Waals surface area (Å²) < 4.78 is 11.3. The number of hydrogen-bond donors (Lipinski definition) is 0. The first-order valence-corrected chi connectivity index (χ1v) is 9.00. The standard InChI is InChI=1S/C19H32O2/c1-2-6-12-18(13-7-3-1)14-8-4-5-10-16-20-19-15-9-11-17-21-19/h2,6-7,13,18-19H,1,3-5,8-12,14-17H2/b6-2-,13-7-. The molecule has 2 nitrogen and oxygen atoms in total. The molecule has 21 heavy (non-hydrogen) atoms. The first kappa shape index (κ1) is 16.8. The van der Waals surface area contributed by atoms with E-state index in [4.69, 9.17) is 9.47 Å². The van der Waals surface area contributed by atoms with Gasteiger partial charge in [0.2, 0.25) is 0 Å². The van der Waals surface area contributed by atoms with Gasteiger partial charge >= 0.3 is 0 Å². The molecule has 0 aromatic carbocycles. The number of ether oxygens (including phenoxy) is 2. The second-order valence-corrected chi connectivity index (χ2v) is 6.34. The topological polar surface area (TPSA) is 18.5 Å². The van der Waals surface area contributed by atoms with Gasteiger partial charge in [-0.05, 0) is 57.3 Å². The minimum absolute atomic E-state index is 0.0885. The lowest BCUT2D eigenvalue weighted by Gasteiger charge is -2.22. The highest BCUT2D eigenvalue weighted by Gasteiger charge is 2.13. The molecule has 2 rings (SSSR count). The normalized spacial score (nSPS) is 29.5. The van der Waals surface area contributed by atoms with Gasteiger partial charge in [-0.2, -0.15) is 0 Å². The molecular formula is C19H32O2. The van der Waals surface area contributed by atoms with Crippen LogP contribution in [0, 0.1) is 5.92 Å². The van der Waals surface area contributed by atoms with Crippen LogP contribution < -0.4 is 0 Å². The number of rotatable bonds is 8. The molecule has 0 N–H and O–H groups in total. The molecule has 120 valence electrons. The zero-order valence-corrected chi connectivity index (χ0v) is 13.5. The fourth-order valence-electron chi connectivity index (χ4n) is 3.08. The highest BCUT2D eigenvalue weighted by molar-refractivity contribution is 4.98. The lowest BCUT2D eigenvalue weighted by Crippen LogP contribution is -2.22. The lowest BCUT2D eigenvalue weighted by atomic mass is 9.95. The summed E-state index contributed by atoms with van der Waals surface area (Å²) in [5.74, 6) is 0.772. The van der Waals surface area contributed by atoms with Crippen LogP contribution in [0.25, 0.3) is 0 Å². The van der Waals surface area contributed by atoms with Gasteiger partial charge in [-0.3, -0.25) is 0 Å². The van der Waals surface area contributed by atoms with Gasteiger partial charge in [-0.15, -0.1) is 0 Å². The Bertz CT molecular complexity index is 303. The van der Waals surface area contributed by atoms with E-state index in [2.05, 4.69) is 24.3 Å². The minimum Gasteiger partial charge on any atom is -0.353 e. The van der Waals surface area contributed by atoms with Gasteiger partial charge in [0.25, 0.3) is 0 Å². The van der Waals surface area contributed by atoms with Crippen LogP contribution in [0.15, 0.2) is 24.3 Å². The predicted octanol–water partition coefficient (Wildman–Crippen LogP) is 5.39.